The second kappa shape index (κ2) is 16.1. The molecule has 31 heavy (non-hydrogen) atoms. The predicted octanol–water partition coefficient (Wildman–Crippen LogP) is 8.87. The molecule has 0 aromatic heterocycles. The number of ether oxygens (including phenoxy) is 1. The first-order valence-corrected chi connectivity index (χ1v) is 11.9. The lowest BCUT2D eigenvalue weighted by Gasteiger charge is -2.12. The Kier molecular flexibility index (Phi) is 14.3. The van der Waals surface area contributed by atoms with Crippen molar-refractivity contribution in [2.24, 2.45) is 0 Å². The van der Waals surface area contributed by atoms with Gasteiger partial charge < -0.3 is 4.74 Å². The van der Waals surface area contributed by atoms with Crippen LogP contribution in [0.2, 0.25) is 0 Å². The largest absolute Gasteiger partial charge is 0.462 e. The molecule has 1 rings (SSSR count). The molecule has 0 fully saturated rings. The number of unbranched alkanes of at least 4 members (excludes halogenated alkanes) is 14. The predicted molar refractivity (Wildman–Crippen MR) is 117 cm³/mol. The van der Waals surface area contributed by atoms with Crippen molar-refractivity contribution in [2.75, 3.05) is 6.61 Å². The molecule has 0 saturated carbocycles. The highest BCUT2D eigenvalue weighted by atomic mass is 19.4. The Morgan fingerprint density at radius 2 is 1.23 bits per heavy atom. The molecule has 0 aliphatic heterocycles. The first-order chi connectivity index (χ1) is 14.9. The fourth-order valence-electron chi connectivity index (χ4n) is 3.65. The Morgan fingerprint density at radius 1 is 0.774 bits per heavy atom. The van der Waals surface area contributed by atoms with E-state index in [1.165, 1.54) is 70.6 Å². The SMILES string of the molecule is CCCCCCCCCCCCCCCCCOC(=O)c1ccc(F)cc1C(F)(F)F. The van der Waals surface area contributed by atoms with Gasteiger partial charge >= 0.3 is 12.1 Å². The normalized spacial score (nSPS) is 11.6. The number of alkyl halides is 3. The average molecular weight is 447 g/mol. The van der Waals surface area contributed by atoms with Gasteiger partial charge in [-0.2, -0.15) is 13.2 Å². The van der Waals surface area contributed by atoms with E-state index in [2.05, 4.69) is 6.92 Å². The van der Waals surface area contributed by atoms with Crippen molar-refractivity contribution in [3.05, 3.63) is 35.1 Å². The van der Waals surface area contributed by atoms with Crippen molar-refractivity contribution in [1.82, 2.24) is 0 Å². The minimum atomic E-state index is -4.80. The van der Waals surface area contributed by atoms with E-state index in [0.717, 1.165) is 31.4 Å². The van der Waals surface area contributed by atoms with Crippen molar-refractivity contribution in [3.8, 4) is 0 Å². The number of carbonyl (C=O) groups is 1. The molecule has 0 aliphatic carbocycles. The standard InChI is InChI=1S/C25H38F4O2/c1-2-3-4-5-6-7-8-9-10-11-12-13-14-15-16-19-31-24(30)22-18-17-21(26)20-23(22)25(27,28)29/h17-18,20H,2-16,19H2,1H3. The van der Waals surface area contributed by atoms with E-state index in [4.69, 9.17) is 4.74 Å². The Labute approximate surface area is 184 Å². The number of esters is 1. The molecule has 6 heteroatoms. The molecule has 0 N–H and O–H groups in total. The van der Waals surface area contributed by atoms with Crippen molar-refractivity contribution in [2.45, 2.75) is 109 Å². The summed E-state index contributed by atoms with van der Waals surface area (Å²) in [6, 6.07) is 1.98. The zero-order valence-electron chi connectivity index (χ0n) is 18.9. The lowest BCUT2D eigenvalue weighted by atomic mass is 10.0. The van der Waals surface area contributed by atoms with Crippen LogP contribution in [0.5, 0.6) is 0 Å². The maximum atomic E-state index is 13.1. The Bertz CT molecular complexity index is 614. The van der Waals surface area contributed by atoms with Gasteiger partial charge in [-0.05, 0) is 24.6 Å². The molecule has 1 aromatic carbocycles. The van der Waals surface area contributed by atoms with E-state index in [-0.39, 0.29) is 6.61 Å². The van der Waals surface area contributed by atoms with Crippen LogP contribution in [-0.4, -0.2) is 12.6 Å². The van der Waals surface area contributed by atoms with Gasteiger partial charge in [-0.1, -0.05) is 96.8 Å². The van der Waals surface area contributed by atoms with Gasteiger partial charge in [-0.3, -0.25) is 0 Å². The summed E-state index contributed by atoms with van der Waals surface area (Å²) in [5.74, 6) is -2.09. The summed E-state index contributed by atoms with van der Waals surface area (Å²) in [5.41, 5.74) is -1.94. The fraction of sp³-hybridized carbons (Fsp3) is 0.720. The van der Waals surface area contributed by atoms with Crippen molar-refractivity contribution < 1.29 is 27.1 Å². The van der Waals surface area contributed by atoms with Gasteiger partial charge in [0.2, 0.25) is 0 Å². The third kappa shape index (κ3) is 12.8. The van der Waals surface area contributed by atoms with Gasteiger partial charge in [0.25, 0.3) is 0 Å². The summed E-state index contributed by atoms with van der Waals surface area (Å²) in [7, 11) is 0. The first kappa shape index (κ1) is 27.4. The average Bonchev–Trinajstić information content (AvgIpc) is 2.72. The van der Waals surface area contributed by atoms with Crippen LogP contribution < -0.4 is 0 Å². The molecule has 0 unspecified atom stereocenters. The molecule has 1 aromatic rings. The smallest absolute Gasteiger partial charge is 0.417 e. The molecule has 2 nitrogen and oxygen atoms in total. The molecule has 0 bridgehead atoms. The summed E-state index contributed by atoms with van der Waals surface area (Å²) >= 11 is 0. The zero-order chi connectivity index (χ0) is 23.0. The summed E-state index contributed by atoms with van der Waals surface area (Å²) < 4.78 is 56.9. The summed E-state index contributed by atoms with van der Waals surface area (Å²) in [6.45, 7) is 2.31. The molecular formula is C25H38F4O2. The van der Waals surface area contributed by atoms with Crippen molar-refractivity contribution in [3.63, 3.8) is 0 Å². The number of carbonyl (C=O) groups excluding carboxylic acids is 1. The zero-order valence-corrected chi connectivity index (χ0v) is 18.9. The summed E-state index contributed by atoms with van der Waals surface area (Å²) in [5, 5.41) is 0. The lowest BCUT2D eigenvalue weighted by molar-refractivity contribution is -0.138. The lowest BCUT2D eigenvalue weighted by Crippen LogP contribution is -2.16. The molecule has 178 valence electrons. The van der Waals surface area contributed by atoms with Crippen LogP contribution in [0.1, 0.15) is 119 Å². The van der Waals surface area contributed by atoms with Crippen molar-refractivity contribution in [1.29, 1.82) is 0 Å². The summed E-state index contributed by atoms with van der Waals surface area (Å²) in [4.78, 5) is 11.9. The molecular weight excluding hydrogens is 408 g/mol. The van der Waals surface area contributed by atoms with Crippen LogP contribution in [0, 0.1) is 5.82 Å². The van der Waals surface area contributed by atoms with Gasteiger partial charge in [0.05, 0.1) is 17.7 Å². The van der Waals surface area contributed by atoms with E-state index in [1.807, 2.05) is 0 Å². The maximum Gasteiger partial charge on any atom is 0.417 e. The van der Waals surface area contributed by atoms with E-state index >= 15 is 0 Å². The Morgan fingerprint density at radius 3 is 1.68 bits per heavy atom. The highest BCUT2D eigenvalue weighted by Crippen LogP contribution is 2.32. The van der Waals surface area contributed by atoms with Crippen molar-refractivity contribution >= 4 is 5.97 Å². The molecule has 0 aliphatic rings. The van der Waals surface area contributed by atoms with Crippen LogP contribution in [0.25, 0.3) is 0 Å². The Balaban J connectivity index is 2.02. The fourth-order valence-corrected chi connectivity index (χ4v) is 3.65. The maximum absolute atomic E-state index is 13.1. The second-order valence-electron chi connectivity index (χ2n) is 8.27. The molecule has 0 saturated heterocycles. The minimum absolute atomic E-state index is 0.0752. The quantitative estimate of drug-likeness (QED) is 0.136. The molecule has 0 heterocycles. The van der Waals surface area contributed by atoms with Gasteiger partial charge in [0, 0.05) is 0 Å². The molecule has 0 amide bonds. The molecule has 0 radical (unpaired) electrons. The highest BCUT2D eigenvalue weighted by Gasteiger charge is 2.36. The van der Waals surface area contributed by atoms with Crippen LogP contribution in [0.3, 0.4) is 0 Å². The topological polar surface area (TPSA) is 26.3 Å². The Hall–Kier alpha value is -1.59. The van der Waals surface area contributed by atoms with E-state index in [9.17, 15) is 22.4 Å². The number of halogens is 4. The number of hydrogen-bond acceptors (Lipinski definition) is 2. The van der Waals surface area contributed by atoms with E-state index in [0.29, 0.717) is 12.5 Å². The van der Waals surface area contributed by atoms with Gasteiger partial charge in [-0.15, -0.1) is 0 Å². The van der Waals surface area contributed by atoms with E-state index < -0.39 is 29.1 Å². The number of benzene rings is 1. The van der Waals surface area contributed by atoms with Gasteiger partial charge in [0.1, 0.15) is 5.82 Å². The molecule has 0 spiro atoms. The summed E-state index contributed by atoms with van der Waals surface area (Å²) in [6.07, 6.45) is 13.3. The second-order valence-corrected chi connectivity index (χ2v) is 8.27. The van der Waals surface area contributed by atoms with E-state index in [1.54, 1.807) is 0 Å². The van der Waals surface area contributed by atoms with Crippen LogP contribution in [0.15, 0.2) is 18.2 Å². The third-order valence-corrected chi connectivity index (χ3v) is 5.49. The monoisotopic (exact) mass is 446 g/mol. The van der Waals surface area contributed by atoms with Crippen LogP contribution >= 0.6 is 0 Å². The number of rotatable bonds is 17. The van der Waals surface area contributed by atoms with Gasteiger partial charge in [0.15, 0.2) is 0 Å². The third-order valence-electron chi connectivity index (χ3n) is 5.49. The minimum Gasteiger partial charge on any atom is -0.462 e. The van der Waals surface area contributed by atoms with Crippen LogP contribution in [0.4, 0.5) is 17.6 Å². The molecule has 0 atom stereocenters. The number of hydrogen-bond donors (Lipinski definition) is 0. The highest BCUT2D eigenvalue weighted by molar-refractivity contribution is 5.91. The van der Waals surface area contributed by atoms with Gasteiger partial charge in [-0.25, -0.2) is 9.18 Å². The van der Waals surface area contributed by atoms with Crippen LogP contribution in [-0.2, 0) is 10.9 Å². The first-order valence-electron chi connectivity index (χ1n) is 11.9.